The predicted molar refractivity (Wildman–Crippen MR) is 373 cm³/mol. The molecule has 3 heterocycles. The van der Waals surface area contributed by atoms with Crippen LogP contribution in [0.5, 0.6) is 0 Å². The number of rotatable bonds is 59. The van der Waals surface area contributed by atoms with Crippen LogP contribution in [0.15, 0.2) is 0 Å². The van der Waals surface area contributed by atoms with Crippen molar-refractivity contribution in [2.75, 3.05) is 145 Å². The van der Waals surface area contributed by atoms with Gasteiger partial charge in [0, 0.05) is 112 Å². The highest BCUT2D eigenvalue weighted by Gasteiger charge is 2.48. The van der Waals surface area contributed by atoms with Gasteiger partial charge in [-0.2, -0.15) is 0 Å². The van der Waals surface area contributed by atoms with Crippen molar-refractivity contribution in [2.45, 2.75) is 222 Å². The number of Topliss-reactive ketones (excluding diaryl/α,β-unsaturated/α-hetero) is 1. The van der Waals surface area contributed by atoms with E-state index in [4.69, 9.17) is 52.1 Å². The highest BCUT2D eigenvalue weighted by atomic mass is 16.7. The first-order chi connectivity index (χ1) is 51.3. The second-order valence-corrected chi connectivity index (χ2v) is 26.3. The van der Waals surface area contributed by atoms with Gasteiger partial charge in [0.15, 0.2) is 24.7 Å². The van der Waals surface area contributed by atoms with E-state index in [1.165, 1.54) is 20.8 Å². The molecule has 0 spiro atoms. The Kier molecular flexibility index (Phi) is 49.4. The standard InChI is InChI=1S/C68H121N9O30/c1-5-97-33-34-101-39-46(84)35-68(18-15-50(85)72-24-30-98-40-53(88)69-21-9-6-12-27-102-65-56(75-43(2)81)62(94)59(91)47(36-78)105-65,19-16-51(86)73-25-31-99-41-54(89)70-22-10-7-13-28-103-66-57(76-44(3)82)63(95)60(92)48(37-79)106-66)20-17-52(87)74-26-32-100-42-55(90)71-23-11-8-14-29-104-67-58(77-45(4)83)64(96)61(93)49(38-80)107-67/h47-49,56-67,78-80,91-96H,5-42H2,1-4H3,(H,69,88)(H,70,89)(H,71,90)(H,72,85)(H,73,86)(H,74,87)(H,75,81)(H,76,82)(H,77,83)/t47-,48-,49-,56-,57-,58-,59+,60+,61+,62-,63-,64-,65-,66-,67-/m1/s1. The lowest BCUT2D eigenvalue weighted by Gasteiger charge is -2.42. The van der Waals surface area contributed by atoms with E-state index in [1.54, 1.807) is 6.92 Å². The summed E-state index contributed by atoms with van der Waals surface area (Å²) in [5.41, 5.74) is -1.12. The van der Waals surface area contributed by atoms with Gasteiger partial charge in [-0.3, -0.25) is 47.9 Å². The molecule has 0 radical (unpaired) electrons. The summed E-state index contributed by atoms with van der Waals surface area (Å²) in [5, 5.41) is 115. The van der Waals surface area contributed by atoms with Gasteiger partial charge in [0.2, 0.25) is 53.2 Å². The Morgan fingerprint density at radius 1 is 0.346 bits per heavy atom. The van der Waals surface area contributed by atoms with Gasteiger partial charge in [-0.25, -0.2) is 0 Å². The number of aliphatic hydroxyl groups excluding tert-OH is 9. The van der Waals surface area contributed by atoms with E-state index in [0.29, 0.717) is 84.0 Å². The first kappa shape index (κ1) is 95.3. The van der Waals surface area contributed by atoms with Gasteiger partial charge < -0.3 is 146 Å². The maximum atomic E-state index is 13.7. The summed E-state index contributed by atoms with van der Waals surface area (Å²) >= 11 is 0. The molecule has 18 N–H and O–H groups in total. The van der Waals surface area contributed by atoms with E-state index < -0.39 is 170 Å². The quantitative estimate of drug-likeness (QED) is 0.0252. The lowest BCUT2D eigenvalue weighted by Crippen LogP contribution is -2.64. The van der Waals surface area contributed by atoms with E-state index in [0.717, 1.165) is 0 Å². The van der Waals surface area contributed by atoms with Crippen LogP contribution in [0.4, 0.5) is 0 Å². The molecule has 3 fully saturated rings. The van der Waals surface area contributed by atoms with Crippen LogP contribution in [0.1, 0.15) is 130 Å². The minimum Gasteiger partial charge on any atom is -0.394 e. The molecule has 3 aliphatic rings. The summed E-state index contributed by atoms with van der Waals surface area (Å²) in [6.45, 7) is 4.50. The lowest BCUT2D eigenvalue weighted by atomic mass is 9.71. The molecule has 9 amide bonds. The predicted octanol–water partition coefficient (Wildman–Crippen LogP) is -6.54. The average Bonchev–Trinajstić information content (AvgIpc) is 0.820. The largest absolute Gasteiger partial charge is 0.394 e. The molecule has 3 rings (SSSR count). The molecule has 0 bridgehead atoms. The van der Waals surface area contributed by atoms with Crippen molar-refractivity contribution in [1.82, 2.24) is 47.9 Å². The fraction of sp³-hybridized carbons (Fsp3) is 0.853. The number of unbranched alkanes of at least 4 members (excludes halogenated alkanes) is 6. The molecular weight excluding hydrogens is 1420 g/mol. The van der Waals surface area contributed by atoms with Crippen molar-refractivity contribution >= 4 is 58.9 Å². The van der Waals surface area contributed by atoms with Crippen molar-refractivity contribution in [3.8, 4) is 0 Å². The Morgan fingerprint density at radius 3 is 0.925 bits per heavy atom. The molecule has 618 valence electrons. The van der Waals surface area contributed by atoms with E-state index in [1.807, 2.05) is 0 Å². The maximum absolute atomic E-state index is 13.7. The van der Waals surface area contributed by atoms with E-state index >= 15 is 0 Å². The van der Waals surface area contributed by atoms with Gasteiger partial charge in [0.1, 0.15) is 99.5 Å². The van der Waals surface area contributed by atoms with Gasteiger partial charge in [-0.15, -0.1) is 0 Å². The van der Waals surface area contributed by atoms with Gasteiger partial charge in [-0.1, -0.05) is 0 Å². The number of ether oxygens (including phenoxy) is 11. The highest BCUT2D eigenvalue weighted by molar-refractivity contribution is 5.82. The summed E-state index contributed by atoms with van der Waals surface area (Å²) in [5.74, 6) is -4.37. The molecule has 0 aromatic carbocycles. The summed E-state index contributed by atoms with van der Waals surface area (Å²) in [6.07, 6.45) is -10.9. The van der Waals surface area contributed by atoms with E-state index in [9.17, 15) is 93.9 Å². The second-order valence-electron chi connectivity index (χ2n) is 26.3. The third-order valence-corrected chi connectivity index (χ3v) is 17.5. The fourth-order valence-corrected chi connectivity index (χ4v) is 11.7. The number of ketones is 1. The lowest BCUT2D eigenvalue weighted by molar-refractivity contribution is -0.270. The van der Waals surface area contributed by atoms with Crippen molar-refractivity contribution in [3.63, 3.8) is 0 Å². The summed E-state index contributed by atoms with van der Waals surface area (Å²) in [7, 11) is 0. The number of aliphatic hydroxyl groups is 9. The molecule has 107 heavy (non-hydrogen) atoms. The molecule has 39 nitrogen and oxygen atoms in total. The van der Waals surface area contributed by atoms with Crippen LogP contribution in [0.2, 0.25) is 0 Å². The number of carbonyl (C=O) groups is 10. The number of hydrogen-bond acceptors (Lipinski definition) is 30. The minimum atomic E-state index is -1.44. The number of amides is 9. The third kappa shape index (κ3) is 39.5. The second kappa shape index (κ2) is 55.5. The smallest absolute Gasteiger partial charge is 0.245 e. The van der Waals surface area contributed by atoms with Crippen LogP contribution in [0, 0.1) is 5.41 Å². The minimum absolute atomic E-state index is 0.00532. The first-order valence-electron chi connectivity index (χ1n) is 36.8. The van der Waals surface area contributed by atoms with E-state index in [2.05, 4.69) is 47.9 Å². The van der Waals surface area contributed by atoms with Gasteiger partial charge in [-0.05, 0) is 89.4 Å². The van der Waals surface area contributed by atoms with Crippen molar-refractivity contribution in [1.29, 1.82) is 0 Å². The normalized spacial score (nSPS) is 24.3. The fourth-order valence-electron chi connectivity index (χ4n) is 11.7. The number of hydrogen-bond donors (Lipinski definition) is 18. The summed E-state index contributed by atoms with van der Waals surface area (Å²) in [6, 6.07) is -3.21. The summed E-state index contributed by atoms with van der Waals surface area (Å²) in [4.78, 5) is 127. The first-order valence-corrected chi connectivity index (χ1v) is 36.8. The number of carbonyl (C=O) groups excluding carboxylic acids is 10. The molecule has 0 aromatic rings. The Morgan fingerprint density at radius 2 is 0.636 bits per heavy atom. The molecular formula is C68H121N9O30. The van der Waals surface area contributed by atoms with Crippen LogP contribution < -0.4 is 47.9 Å². The molecule has 39 heteroatoms. The molecule has 0 unspecified atom stereocenters. The number of nitrogens with one attached hydrogen (secondary N) is 9. The van der Waals surface area contributed by atoms with Crippen molar-refractivity contribution in [3.05, 3.63) is 0 Å². The maximum Gasteiger partial charge on any atom is 0.245 e. The highest BCUT2D eigenvalue weighted by Crippen LogP contribution is 2.39. The zero-order valence-corrected chi connectivity index (χ0v) is 62.1. The third-order valence-electron chi connectivity index (χ3n) is 17.5. The molecule has 0 saturated carbocycles. The van der Waals surface area contributed by atoms with Crippen LogP contribution in [-0.4, -0.2) is 342 Å². The Balaban J connectivity index is 1.51. The van der Waals surface area contributed by atoms with Crippen molar-refractivity contribution in [2.24, 2.45) is 5.41 Å². The Labute approximate surface area is 623 Å². The topological polar surface area (TPSA) is 563 Å². The summed E-state index contributed by atoms with van der Waals surface area (Å²) < 4.78 is 61.3. The zero-order chi connectivity index (χ0) is 78.9. The van der Waals surface area contributed by atoms with Crippen LogP contribution in [0.3, 0.4) is 0 Å². The van der Waals surface area contributed by atoms with Gasteiger partial charge in [0.25, 0.3) is 0 Å². The average molecular weight is 1540 g/mol. The molecule has 3 aliphatic heterocycles. The van der Waals surface area contributed by atoms with Gasteiger partial charge in [0.05, 0.1) is 52.9 Å². The zero-order valence-electron chi connectivity index (χ0n) is 62.1. The van der Waals surface area contributed by atoms with Crippen LogP contribution in [0.25, 0.3) is 0 Å². The van der Waals surface area contributed by atoms with E-state index in [-0.39, 0.29) is 150 Å². The molecule has 0 aromatic heterocycles. The molecule has 3 saturated heterocycles. The van der Waals surface area contributed by atoms with Crippen LogP contribution >= 0.6 is 0 Å². The Hall–Kier alpha value is -5.90. The monoisotopic (exact) mass is 1540 g/mol. The van der Waals surface area contributed by atoms with Crippen molar-refractivity contribution < 1.29 is 146 Å². The van der Waals surface area contributed by atoms with Gasteiger partial charge >= 0.3 is 0 Å². The SMILES string of the molecule is CCOCCOCC(=O)CC(CCC(=O)NCCOCC(=O)NCCCCCO[C@@H]1O[C@H](CO)[C@H](O)[C@H](O)[C@H]1NC(C)=O)(CCC(=O)NCCOCC(=O)NCCCCCO[C@@H]1O[C@H](CO)[C@H](O)[C@H](O)[C@H]1NC(C)=O)CCC(=O)NCCOCC(=O)NCCCCCO[C@@H]1O[C@H](CO)[C@H](O)[C@H](O)[C@H]1NC(C)=O. The molecule has 0 aliphatic carbocycles. The Bertz CT molecular complexity index is 2350. The van der Waals surface area contributed by atoms with Crippen LogP contribution in [-0.2, 0) is 100 Å². The molecule has 15 atom stereocenters.